The predicted molar refractivity (Wildman–Crippen MR) is 216 cm³/mol. The fraction of sp³-hybridized carbons (Fsp3) is 0.372. The molecular formula is C43H52N4O6S. The van der Waals surface area contributed by atoms with Gasteiger partial charge in [-0.15, -0.1) is 0 Å². The molecule has 2 N–H and O–H groups in total. The molecule has 54 heavy (non-hydrogen) atoms. The molecule has 0 spiro atoms. The van der Waals surface area contributed by atoms with Crippen LogP contribution in [0.2, 0.25) is 0 Å². The maximum absolute atomic E-state index is 13.9. The summed E-state index contributed by atoms with van der Waals surface area (Å²) >= 11 is 0. The quantitative estimate of drug-likeness (QED) is 0.113. The van der Waals surface area contributed by atoms with E-state index in [2.05, 4.69) is 64.1 Å². The van der Waals surface area contributed by atoms with Gasteiger partial charge in [0.05, 0.1) is 11.5 Å². The summed E-state index contributed by atoms with van der Waals surface area (Å²) in [7, 11) is -0.0229. The van der Waals surface area contributed by atoms with E-state index in [4.69, 9.17) is 14.2 Å². The van der Waals surface area contributed by atoms with Crippen molar-refractivity contribution in [3.8, 4) is 16.9 Å². The van der Waals surface area contributed by atoms with Crippen molar-refractivity contribution < 1.29 is 27.4 Å². The number of carbonyl (C=O) groups is 1. The van der Waals surface area contributed by atoms with Gasteiger partial charge in [0.15, 0.2) is 0 Å². The first-order valence-corrected chi connectivity index (χ1v) is 20.4. The van der Waals surface area contributed by atoms with Gasteiger partial charge in [0, 0.05) is 61.6 Å². The van der Waals surface area contributed by atoms with E-state index in [1.165, 1.54) is 12.6 Å². The second kappa shape index (κ2) is 18.7. The van der Waals surface area contributed by atoms with Gasteiger partial charge in [-0.2, -0.15) is 0 Å². The van der Waals surface area contributed by atoms with Crippen molar-refractivity contribution in [2.24, 2.45) is 0 Å². The number of amides is 1. The first-order chi connectivity index (χ1) is 26.2. The van der Waals surface area contributed by atoms with E-state index in [1.807, 2.05) is 54.6 Å². The molecule has 1 amide bonds. The van der Waals surface area contributed by atoms with Crippen LogP contribution in [0.25, 0.3) is 17.2 Å². The summed E-state index contributed by atoms with van der Waals surface area (Å²) in [5.74, 6) is 0.622. The van der Waals surface area contributed by atoms with E-state index in [-0.39, 0.29) is 10.8 Å². The molecule has 1 fully saturated rings. The largest absolute Gasteiger partial charge is 0.491 e. The van der Waals surface area contributed by atoms with E-state index in [1.54, 1.807) is 12.1 Å². The summed E-state index contributed by atoms with van der Waals surface area (Å²) in [5.41, 5.74) is 7.24. The molecule has 0 saturated carbocycles. The van der Waals surface area contributed by atoms with Crippen molar-refractivity contribution in [2.75, 3.05) is 63.9 Å². The van der Waals surface area contributed by atoms with E-state index >= 15 is 0 Å². The van der Waals surface area contributed by atoms with Crippen LogP contribution in [0.5, 0.6) is 5.75 Å². The van der Waals surface area contributed by atoms with Gasteiger partial charge < -0.3 is 24.4 Å². The zero-order chi connectivity index (χ0) is 37.9. The summed E-state index contributed by atoms with van der Waals surface area (Å²) in [5, 5.41) is 3.13. The predicted octanol–water partition coefficient (Wildman–Crippen LogP) is 7.63. The van der Waals surface area contributed by atoms with Crippen LogP contribution in [-0.4, -0.2) is 78.9 Å². The minimum atomic E-state index is -3.58. The number of ether oxygens (including phenoxy) is 3. The summed E-state index contributed by atoms with van der Waals surface area (Å²) in [6, 6.07) is 29.6. The summed E-state index contributed by atoms with van der Waals surface area (Å²) in [6.07, 6.45) is 6.69. The van der Waals surface area contributed by atoms with Crippen LogP contribution in [0.15, 0.2) is 101 Å². The Labute approximate surface area is 320 Å². The van der Waals surface area contributed by atoms with Crippen molar-refractivity contribution in [1.29, 1.82) is 0 Å². The highest BCUT2D eigenvalue weighted by Crippen LogP contribution is 2.37. The van der Waals surface area contributed by atoms with Crippen LogP contribution in [0.4, 0.5) is 17.1 Å². The number of hydrogen-bond donors (Lipinski definition) is 2. The molecule has 0 radical (unpaired) electrons. The Morgan fingerprint density at radius 1 is 0.907 bits per heavy atom. The lowest BCUT2D eigenvalue weighted by atomic mass is 10.00. The highest BCUT2D eigenvalue weighted by molar-refractivity contribution is 7.89. The lowest BCUT2D eigenvalue weighted by molar-refractivity contribution is -0.112. The van der Waals surface area contributed by atoms with Crippen LogP contribution >= 0.6 is 0 Å². The van der Waals surface area contributed by atoms with Crippen molar-refractivity contribution in [3.05, 3.63) is 108 Å². The molecule has 2 aliphatic heterocycles. The number of fused-ring (bicyclic) bond motifs is 1. The minimum Gasteiger partial charge on any atom is -0.491 e. The number of unbranched alkanes of at least 4 members (excludes halogenated alkanes) is 1. The van der Waals surface area contributed by atoms with Gasteiger partial charge in [-0.25, -0.2) is 13.1 Å². The minimum absolute atomic E-state index is 0.157. The fourth-order valence-electron chi connectivity index (χ4n) is 6.84. The normalized spacial score (nSPS) is 15.0. The molecule has 4 aromatic carbocycles. The number of sulfonamides is 1. The monoisotopic (exact) mass is 752 g/mol. The highest BCUT2D eigenvalue weighted by Gasteiger charge is 2.23. The second-order valence-electron chi connectivity index (χ2n) is 13.8. The molecule has 0 aliphatic carbocycles. The number of nitrogens with one attached hydrogen (secondary N) is 2. The zero-order valence-electron chi connectivity index (χ0n) is 31.6. The first kappa shape index (κ1) is 39.2. The molecule has 10 nitrogen and oxygen atoms in total. The van der Waals surface area contributed by atoms with Crippen LogP contribution in [-0.2, 0) is 30.8 Å². The lowest BCUT2D eigenvalue weighted by Gasteiger charge is -2.31. The Morgan fingerprint density at radius 2 is 1.63 bits per heavy atom. The molecular weight excluding hydrogens is 701 g/mol. The topological polar surface area (TPSA) is 109 Å². The molecule has 4 aromatic rings. The van der Waals surface area contributed by atoms with E-state index in [9.17, 15) is 13.2 Å². The smallest absolute Gasteiger partial charge is 0.251 e. The van der Waals surface area contributed by atoms with Crippen LogP contribution in [0.3, 0.4) is 0 Å². The Bertz CT molecular complexity index is 1980. The molecule has 0 atom stereocenters. The Hall–Kier alpha value is -4.52. The summed E-state index contributed by atoms with van der Waals surface area (Å²) in [4.78, 5) is 18.6. The number of hydrogen-bond acceptors (Lipinski definition) is 8. The maximum atomic E-state index is 13.9. The number of carbonyl (C=O) groups excluding carboxylic acids is 1. The maximum Gasteiger partial charge on any atom is 0.251 e. The number of nitrogens with zero attached hydrogens (tertiary/aromatic N) is 2. The van der Waals surface area contributed by atoms with Crippen molar-refractivity contribution in [2.45, 2.75) is 56.5 Å². The molecule has 11 heteroatoms. The Morgan fingerprint density at radius 3 is 2.33 bits per heavy atom. The number of anilines is 3. The third-order valence-corrected chi connectivity index (χ3v) is 11.5. The molecule has 2 aliphatic rings. The first-order valence-electron chi connectivity index (χ1n) is 18.9. The average molecular weight is 753 g/mol. The van der Waals surface area contributed by atoms with E-state index in [0.717, 1.165) is 91.6 Å². The van der Waals surface area contributed by atoms with Gasteiger partial charge >= 0.3 is 0 Å². The Balaban J connectivity index is 1.21. The fourth-order valence-corrected chi connectivity index (χ4v) is 7.57. The molecule has 0 aromatic heterocycles. The molecule has 6 rings (SSSR count). The lowest BCUT2D eigenvalue weighted by Crippen LogP contribution is -2.36. The van der Waals surface area contributed by atoms with Crippen molar-refractivity contribution in [3.63, 3.8) is 0 Å². The second-order valence-corrected chi connectivity index (χ2v) is 15.7. The van der Waals surface area contributed by atoms with Gasteiger partial charge in [0.1, 0.15) is 12.4 Å². The molecule has 1 saturated heterocycles. The molecule has 0 unspecified atom stereocenters. The van der Waals surface area contributed by atoms with Gasteiger partial charge in [0.2, 0.25) is 10.0 Å². The van der Waals surface area contributed by atoms with Gasteiger partial charge in [-0.05, 0) is 129 Å². The van der Waals surface area contributed by atoms with Crippen LogP contribution in [0, 0.1) is 0 Å². The third kappa shape index (κ3) is 10.2. The van der Waals surface area contributed by atoms with Crippen LogP contribution in [0.1, 0.15) is 50.2 Å². The number of rotatable bonds is 16. The number of benzene rings is 4. The van der Waals surface area contributed by atoms with E-state index in [0.29, 0.717) is 37.8 Å². The highest BCUT2D eigenvalue weighted by atomic mass is 32.2. The molecule has 0 bridgehead atoms. The third-order valence-electron chi connectivity index (χ3n) is 10.1. The zero-order valence-corrected chi connectivity index (χ0v) is 32.4. The van der Waals surface area contributed by atoms with Crippen molar-refractivity contribution >= 4 is 39.1 Å². The van der Waals surface area contributed by atoms with E-state index < -0.39 is 10.0 Å². The van der Waals surface area contributed by atoms with Crippen molar-refractivity contribution in [1.82, 2.24) is 9.62 Å². The van der Waals surface area contributed by atoms with Gasteiger partial charge in [-0.3, -0.25) is 9.69 Å². The summed E-state index contributed by atoms with van der Waals surface area (Å²) in [6.45, 7) is 6.92. The van der Waals surface area contributed by atoms with Gasteiger partial charge in [-0.1, -0.05) is 43.7 Å². The average Bonchev–Trinajstić information content (AvgIpc) is 3.40. The molecule has 2 heterocycles. The Kier molecular flexibility index (Phi) is 13.6. The standard InChI is InChI=1S/C43H52N4O6S/c1-4-5-24-51-27-28-53-40-15-8-33(9-16-40)34-10-19-42-36(29-34)30-35(20-23-47(42)39-13-17-41(18-14-39)54(49,50)44-2)43(48)45-37-11-6-32(7-12-37)31-46(3)38-21-25-52-26-22-38/h6-19,29-30,38,44H,4-5,20-28,31H2,1-3H3,(H,45,48). The molecule has 286 valence electrons. The SMILES string of the molecule is CCCCOCCOc1ccc(-c2ccc3c(c2)C=C(C(=O)Nc2ccc(CN(C)C4CCOCC4)cc2)CCN3c2ccc(S(=O)(=O)NC)cc2)cc1. The summed E-state index contributed by atoms with van der Waals surface area (Å²) < 4.78 is 44.3. The van der Waals surface area contributed by atoms with Crippen LogP contribution < -0.4 is 19.7 Å². The van der Waals surface area contributed by atoms with Gasteiger partial charge in [0.25, 0.3) is 5.91 Å².